The first-order valence-electron chi connectivity index (χ1n) is 13.6. The molecule has 0 fully saturated rings. The molecule has 0 radical (unpaired) electrons. The van der Waals surface area contributed by atoms with E-state index in [0.717, 1.165) is 19.3 Å². The molecule has 0 saturated carbocycles. The summed E-state index contributed by atoms with van der Waals surface area (Å²) in [7, 11) is 0. The van der Waals surface area contributed by atoms with Gasteiger partial charge < -0.3 is 0 Å². The van der Waals surface area contributed by atoms with Crippen molar-refractivity contribution in [2.75, 3.05) is 0 Å². The van der Waals surface area contributed by atoms with Crippen LogP contribution in [-0.2, 0) is 0 Å². The normalized spacial score (nSPS) is 21.4. The van der Waals surface area contributed by atoms with Crippen molar-refractivity contribution in [3.63, 3.8) is 0 Å². The van der Waals surface area contributed by atoms with Gasteiger partial charge in [0.15, 0.2) is 0 Å². The molecule has 36 heavy (non-hydrogen) atoms. The minimum atomic E-state index is 0.693. The van der Waals surface area contributed by atoms with E-state index in [2.05, 4.69) is 103 Å². The van der Waals surface area contributed by atoms with E-state index in [1.54, 1.807) is 0 Å². The van der Waals surface area contributed by atoms with Gasteiger partial charge in [0.25, 0.3) is 0 Å². The van der Waals surface area contributed by atoms with Crippen LogP contribution in [0.15, 0.2) is 120 Å². The van der Waals surface area contributed by atoms with Crippen molar-refractivity contribution in [2.24, 2.45) is 5.92 Å². The second-order valence-corrected chi connectivity index (χ2v) is 10.6. The lowest BCUT2D eigenvalue weighted by Crippen LogP contribution is -2.10. The Balaban J connectivity index is 1.43. The molecule has 0 nitrogen and oxygen atoms in total. The maximum Gasteiger partial charge on any atom is -0.00667 e. The second-order valence-electron chi connectivity index (χ2n) is 10.6. The van der Waals surface area contributed by atoms with Gasteiger partial charge >= 0.3 is 0 Å². The monoisotopic (exact) mass is 464 g/mol. The van der Waals surface area contributed by atoms with Gasteiger partial charge in [0.1, 0.15) is 0 Å². The van der Waals surface area contributed by atoms with Crippen molar-refractivity contribution >= 4 is 32.7 Å². The van der Waals surface area contributed by atoms with Crippen LogP contribution in [0.5, 0.6) is 0 Å². The average molecular weight is 465 g/mol. The Hall–Kier alpha value is -3.64. The number of hydrogen-bond donors (Lipinski definition) is 0. The number of allylic oxidation sites excluding steroid dienone is 14. The summed E-state index contributed by atoms with van der Waals surface area (Å²) in [4.78, 5) is 0. The van der Waals surface area contributed by atoms with Gasteiger partial charge in [-0.2, -0.15) is 0 Å². The van der Waals surface area contributed by atoms with Crippen molar-refractivity contribution in [1.82, 2.24) is 0 Å². The van der Waals surface area contributed by atoms with Crippen LogP contribution in [0.3, 0.4) is 0 Å². The van der Waals surface area contributed by atoms with E-state index in [4.69, 9.17) is 0 Å². The summed E-state index contributed by atoms with van der Waals surface area (Å²) < 4.78 is 0. The highest BCUT2D eigenvalue weighted by molar-refractivity contribution is 6.16. The highest BCUT2D eigenvalue weighted by atomic mass is 14.3. The lowest BCUT2D eigenvalue weighted by atomic mass is 9.76. The van der Waals surface area contributed by atoms with Crippen LogP contribution in [-0.4, -0.2) is 0 Å². The molecule has 4 aliphatic carbocycles. The fourth-order valence-corrected chi connectivity index (χ4v) is 6.75. The van der Waals surface area contributed by atoms with Crippen LogP contribution >= 0.6 is 0 Å². The van der Waals surface area contributed by atoms with E-state index in [-0.39, 0.29) is 0 Å². The predicted molar refractivity (Wildman–Crippen MR) is 156 cm³/mol. The van der Waals surface area contributed by atoms with Crippen molar-refractivity contribution in [1.29, 1.82) is 0 Å². The summed E-state index contributed by atoms with van der Waals surface area (Å²) in [6.07, 6.45) is 29.2. The van der Waals surface area contributed by atoms with E-state index in [9.17, 15) is 0 Å². The van der Waals surface area contributed by atoms with Gasteiger partial charge in [0.05, 0.1) is 0 Å². The minimum absolute atomic E-state index is 0.693. The van der Waals surface area contributed by atoms with Crippen LogP contribution < -0.4 is 0 Å². The van der Waals surface area contributed by atoms with E-state index in [1.165, 1.54) is 86.2 Å². The van der Waals surface area contributed by atoms with Crippen molar-refractivity contribution in [3.05, 3.63) is 131 Å². The third kappa shape index (κ3) is 3.68. The van der Waals surface area contributed by atoms with Gasteiger partial charge in [-0.25, -0.2) is 0 Å². The first kappa shape index (κ1) is 21.6. The molecule has 0 spiro atoms. The molecular weight excluding hydrogens is 432 g/mol. The Kier molecular flexibility index (Phi) is 5.47. The van der Waals surface area contributed by atoms with E-state index < -0.39 is 0 Å². The zero-order valence-electron chi connectivity index (χ0n) is 20.8. The fraction of sp³-hybridized carbons (Fsp3) is 0.222. The van der Waals surface area contributed by atoms with Crippen molar-refractivity contribution in [2.45, 2.75) is 44.9 Å². The summed E-state index contributed by atoms with van der Waals surface area (Å²) in [6.45, 7) is 0. The minimum Gasteiger partial charge on any atom is -0.0842 e. The smallest absolute Gasteiger partial charge is 0.00667 e. The van der Waals surface area contributed by atoms with Crippen LogP contribution in [0.1, 0.15) is 56.1 Å². The Morgan fingerprint density at radius 3 is 1.78 bits per heavy atom. The molecule has 1 unspecified atom stereocenters. The summed E-state index contributed by atoms with van der Waals surface area (Å²) in [6, 6.07) is 18.3. The molecule has 3 aromatic rings. The molecule has 0 N–H and O–H groups in total. The van der Waals surface area contributed by atoms with Crippen molar-refractivity contribution in [3.8, 4) is 0 Å². The highest BCUT2D eigenvalue weighted by Gasteiger charge is 2.24. The summed E-state index contributed by atoms with van der Waals surface area (Å²) in [5.41, 5.74) is 10.4. The molecule has 0 heteroatoms. The summed E-state index contributed by atoms with van der Waals surface area (Å²) in [5.74, 6) is 0.693. The van der Waals surface area contributed by atoms with Gasteiger partial charge in [0.2, 0.25) is 0 Å². The lowest BCUT2D eigenvalue weighted by Gasteiger charge is -2.28. The average Bonchev–Trinajstić information content (AvgIpc) is 2.96. The molecule has 1 atom stereocenters. The fourth-order valence-electron chi connectivity index (χ4n) is 6.75. The first-order valence-corrected chi connectivity index (χ1v) is 13.6. The van der Waals surface area contributed by atoms with E-state index >= 15 is 0 Å². The maximum atomic E-state index is 2.51. The van der Waals surface area contributed by atoms with Crippen molar-refractivity contribution < 1.29 is 0 Å². The number of hydrogen-bond acceptors (Lipinski definition) is 0. The summed E-state index contributed by atoms with van der Waals surface area (Å²) in [5, 5.41) is 5.60. The number of fused-ring (bicyclic) bond motifs is 3. The largest absolute Gasteiger partial charge is 0.0842 e. The third-order valence-corrected chi connectivity index (χ3v) is 8.57. The molecule has 176 valence electrons. The molecule has 0 saturated heterocycles. The van der Waals surface area contributed by atoms with Gasteiger partial charge in [-0.3, -0.25) is 0 Å². The van der Waals surface area contributed by atoms with E-state index in [1.807, 2.05) is 0 Å². The quantitative estimate of drug-likeness (QED) is 0.338. The Bertz CT molecular complexity index is 1530. The standard InChI is InChI=1S/C36H32/c1-2-10-25(11-3-1)27-18-21-28(22-19-27)35-31-14-6-8-16-33(31)36(34-17-9-7-15-32(34)35)30-23-20-26-12-4-5-13-29(26)24-30/h1-2,4-10,13-18,21,24,26H,3,11-12,19-20,22-23H2. The number of rotatable bonds is 3. The predicted octanol–water partition coefficient (Wildman–Crippen LogP) is 10.1. The molecule has 0 aromatic heterocycles. The molecule has 0 aliphatic heterocycles. The third-order valence-electron chi connectivity index (χ3n) is 8.57. The molecule has 7 rings (SSSR count). The van der Waals surface area contributed by atoms with Crippen LogP contribution in [0.4, 0.5) is 0 Å². The van der Waals surface area contributed by atoms with Gasteiger partial charge in [-0.1, -0.05) is 103 Å². The Labute approximate surface area is 214 Å². The summed E-state index contributed by atoms with van der Waals surface area (Å²) >= 11 is 0. The van der Waals surface area contributed by atoms with Gasteiger partial charge in [0, 0.05) is 0 Å². The maximum absolute atomic E-state index is 2.51. The van der Waals surface area contributed by atoms with Gasteiger partial charge in [-0.15, -0.1) is 0 Å². The number of benzene rings is 3. The van der Waals surface area contributed by atoms with Gasteiger partial charge in [-0.05, 0) is 111 Å². The second kappa shape index (κ2) is 9.10. The SMILES string of the molecule is C1=CCCC(C2=CC=C(c3c4ccccc4c(C4=CC5=CC=CCC5CC4)c4ccccc34)CC2)=C1. The molecular formula is C36H32. The Morgan fingerprint density at radius 1 is 0.528 bits per heavy atom. The lowest BCUT2D eigenvalue weighted by molar-refractivity contribution is 0.572. The van der Waals surface area contributed by atoms with E-state index in [0.29, 0.717) is 5.92 Å². The zero-order valence-corrected chi connectivity index (χ0v) is 20.8. The molecule has 0 heterocycles. The topological polar surface area (TPSA) is 0 Å². The van der Waals surface area contributed by atoms with Crippen LogP contribution in [0, 0.1) is 5.92 Å². The Morgan fingerprint density at radius 2 is 1.14 bits per heavy atom. The highest BCUT2D eigenvalue weighted by Crippen LogP contribution is 2.46. The van der Waals surface area contributed by atoms with Crippen LogP contribution in [0.2, 0.25) is 0 Å². The molecule has 0 amide bonds. The zero-order chi connectivity index (χ0) is 23.9. The molecule has 0 bridgehead atoms. The van der Waals surface area contributed by atoms with Crippen LogP contribution in [0.25, 0.3) is 32.7 Å². The molecule has 4 aliphatic rings. The molecule has 3 aromatic carbocycles. The first-order chi connectivity index (χ1) is 17.9.